The van der Waals surface area contributed by atoms with Crippen molar-refractivity contribution in [1.29, 1.82) is 0 Å². The van der Waals surface area contributed by atoms with Crippen molar-refractivity contribution >= 4 is 11.5 Å². The van der Waals surface area contributed by atoms with E-state index in [1.807, 2.05) is 6.07 Å². The number of benzene rings is 2. The zero-order chi connectivity index (χ0) is 23.6. The molecule has 6 heteroatoms. The number of halogens is 2. The van der Waals surface area contributed by atoms with Crippen LogP contribution in [0.4, 0.5) is 8.78 Å². The summed E-state index contributed by atoms with van der Waals surface area (Å²) in [6.45, 7) is 1.65. The van der Waals surface area contributed by atoms with Crippen molar-refractivity contribution in [2.45, 2.75) is 50.6 Å². The van der Waals surface area contributed by atoms with Gasteiger partial charge in [-0.1, -0.05) is 18.2 Å². The zero-order valence-corrected chi connectivity index (χ0v) is 19.0. The molecule has 1 N–H and O–H groups in total. The number of rotatable bonds is 9. The van der Waals surface area contributed by atoms with Gasteiger partial charge in [-0.2, -0.15) is 0 Å². The average molecular weight is 457 g/mol. The molecule has 3 atom stereocenters. The second kappa shape index (κ2) is 9.54. The number of carboxylic acid groups (broad SMARTS) is 1. The Morgan fingerprint density at radius 2 is 1.97 bits per heavy atom. The van der Waals surface area contributed by atoms with Gasteiger partial charge in [0.25, 0.3) is 0 Å². The number of hydrogen-bond acceptors (Lipinski definition) is 3. The summed E-state index contributed by atoms with van der Waals surface area (Å²) in [5.74, 6) is -0.775. The van der Waals surface area contributed by atoms with E-state index in [-0.39, 0.29) is 17.7 Å². The lowest BCUT2D eigenvalue weighted by molar-refractivity contribution is -0.151. The minimum Gasteiger partial charge on any atom is -0.497 e. The second-order valence-electron chi connectivity index (χ2n) is 9.29. The van der Waals surface area contributed by atoms with Gasteiger partial charge in [0.1, 0.15) is 17.3 Å². The highest BCUT2D eigenvalue weighted by Crippen LogP contribution is 2.50. The van der Waals surface area contributed by atoms with Crippen molar-refractivity contribution in [1.82, 2.24) is 0 Å². The summed E-state index contributed by atoms with van der Waals surface area (Å²) >= 11 is 0. The molecule has 1 fully saturated rings. The first-order valence-corrected chi connectivity index (χ1v) is 11.5. The van der Waals surface area contributed by atoms with Gasteiger partial charge in [-0.3, -0.25) is 0 Å². The Bertz CT molecular complexity index is 1040. The quantitative estimate of drug-likeness (QED) is 0.474. The van der Waals surface area contributed by atoms with Gasteiger partial charge in [0.15, 0.2) is 0 Å². The minimum atomic E-state index is -2.32. The predicted molar refractivity (Wildman–Crippen MR) is 123 cm³/mol. The summed E-state index contributed by atoms with van der Waals surface area (Å²) < 4.78 is 40.5. The first kappa shape index (κ1) is 23.3. The topological polar surface area (TPSA) is 55.8 Å². The van der Waals surface area contributed by atoms with Crippen LogP contribution >= 0.6 is 0 Å². The normalized spacial score (nSPS) is 21.0. The molecule has 2 aliphatic carbocycles. The van der Waals surface area contributed by atoms with E-state index < -0.39 is 17.6 Å². The third kappa shape index (κ3) is 5.21. The van der Waals surface area contributed by atoms with Gasteiger partial charge in [-0.05, 0) is 92.3 Å². The highest BCUT2D eigenvalue weighted by molar-refractivity contribution is 5.78. The number of aliphatic carboxylic acids is 1. The molecule has 176 valence electrons. The van der Waals surface area contributed by atoms with Gasteiger partial charge < -0.3 is 14.6 Å². The second-order valence-corrected chi connectivity index (χ2v) is 9.29. The molecule has 1 unspecified atom stereocenters. The Kier molecular flexibility index (Phi) is 6.73. The summed E-state index contributed by atoms with van der Waals surface area (Å²) in [7, 11) is 1.57. The van der Waals surface area contributed by atoms with Crippen LogP contribution in [0.3, 0.4) is 0 Å². The van der Waals surface area contributed by atoms with E-state index in [1.165, 1.54) is 6.07 Å². The van der Waals surface area contributed by atoms with Crippen molar-refractivity contribution < 1.29 is 28.2 Å². The van der Waals surface area contributed by atoms with E-state index >= 15 is 4.39 Å². The minimum absolute atomic E-state index is 0.0465. The van der Waals surface area contributed by atoms with Gasteiger partial charge in [0, 0.05) is 11.5 Å². The van der Waals surface area contributed by atoms with Gasteiger partial charge >= 0.3 is 5.97 Å². The molecule has 0 radical (unpaired) electrons. The van der Waals surface area contributed by atoms with Gasteiger partial charge in [0.05, 0.1) is 13.7 Å². The first-order valence-electron chi connectivity index (χ1n) is 11.5. The van der Waals surface area contributed by atoms with E-state index in [0.717, 1.165) is 44.6 Å². The Balaban J connectivity index is 1.40. The van der Waals surface area contributed by atoms with Crippen LogP contribution < -0.4 is 9.47 Å². The molecule has 0 bridgehead atoms. The third-order valence-electron chi connectivity index (χ3n) is 6.84. The molecule has 0 saturated heterocycles. The Morgan fingerprint density at radius 3 is 2.61 bits per heavy atom. The maximum atomic E-state index is 15.0. The molecule has 2 aliphatic rings. The average Bonchev–Trinajstić information content (AvgIpc) is 3.63. The Morgan fingerprint density at radius 1 is 1.18 bits per heavy atom. The van der Waals surface area contributed by atoms with E-state index in [1.54, 1.807) is 37.4 Å². The number of allylic oxidation sites excluding steroid dienone is 2. The highest BCUT2D eigenvalue weighted by atomic mass is 19.1. The van der Waals surface area contributed by atoms with E-state index in [4.69, 9.17) is 9.47 Å². The van der Waals surface area contributed by atoms with Crippen LogP contribution in [0.25, 0.3) is 5.57 Å². The summed E-state index contributed by atoms with van der Waals surface area (Å²) in [5, 5.41) is 9.40. The van der Waals surface area contributed by atoms with Crippen molar-refractivity contribution in [2.75, 3.05) is 13.7 Å². The smallest absolute Gasteiger partial charge is 0.341 e. The molecule has 0 aliphatic heterocycles. The van der Waals surface area contributed by atoms with Crippen LogP contribution in [-0.4, -0.2) is 30.5 Å². The molecule has 0 aromatic heterocycles. The lowest BCUT2D eigenvalue weighted by Crippen LogP contribution is -2.38. The summed E-state index contributed by atoms with van der Waals surface area (Å²) in [4.78, 5) is 11.5. The molecule has 0 heterocycles. The SMILES string of the molecule is COc1ccc(F)c(C2=CCC(COc3cccc([C@H](C4CC4)[C@@](C)(F)C(=O)O)c3)CC2)c1. The Labute approximate surface area is 193 Å². The van der Waals surface area contributed by atoms with E-state index in [9.17, 15) is 14.3 Å². The van der Waals surface area contributed by atoms with Gasteiger partial charge in [-0.25, -0.2) is 13.6 Å². The third-order valence-corrected chi connectivity index (χ3v) is 6.84. The van der Waals surface area contributed by atoms with E-state index in [2.05, 4.69) is 6.08 Å². The highest BCUT2D eigenvalue weighted by Gasteiger charge is 2.50. The number of hydrogen-bond donors (Lipinski definition) is 1. The van der Waals surface area contributed by atoms with Crippen molar-refractivity contribution in [3.8, 4) is 11.5 Å². The zero-order valence-electron chi connectivity index (χ0n) is 19.0. The molecule has 1 saturated carbocycles. The lowest BCUT2D eigenvalue weighted by Gasteiger charge is -2.28. The predicted octanol–water partition coefficient (Wildman–Crippen LogP) is 6.40. The summed E-state index contributed by atoms with van der Waals surface area (Å²) in [5.41, 5.74) is -0.0884. The number of carboxylic acids is 1. The summed E-state index contributed by atoms with van der Waals surface area (Å²) in [6.07, 6.45) is 6.14. The van der Waals surface area contributed by atoms with Crippen molar-refractivity contribution in [3.63, 3.8) is 0 Å². The molecule has 4 nitrogen and oxygen atoms in total. The van der Waals surface area contributed by atoms with Crippen LogP contribution in [-0.2, 0) is 4.79 Å². The van der Waals surface area contributed by atoms with Crippen molar-refractivity contribution in [2.24, 2.45) is 11.8 Å². The van der Waals surface area contributed by atoms with Crippen molar-refractivity contribution in [3.05, 3.63) is 65.5 Å². The van der Waals surface area contributed by atoms with Crippen LogP contribution in [0.15, 0.2) is 48.5 Å². The van der Waals surface area contributed by atoms with Gasteiger partial charge in [0.2, 0.25) is 5.67 Å². The molecule has 2 aromatic carbocycles. The molecular formula is C27H30F2O4. The Hall–Kier alpha value is -2.89. The lowest BCUT2D eigenvalue weighted by atomic mass is 9.81. The number of methoxy groups -OCH3 is 1. The summed E-state index contributed by atoms with van der Waals surface area (Å²) in [6, 6.07) is 12.0. The maximum absolute atomic E-state index is 15.0. The molecule has 0 spiro atoms. The fraction of sp³-hybridized carbons (Fsp3) is 0.444. The molecule has 4 rings (SSSR count). The molecular weight excluding hydrogens is 426 g/mol. The van der Waals surface area contributed by atoms with E-state index in [0.29, 0.717) is 29.2 Å². The molecule has 33 heavy (non-hydrogen) atoms. The van der Waals surface area contributed by atoms with Crippen LogP contribution in [0.2, 0.25) is 0 Å². The number of alkyl halides is 1. The molecule has 0 amide bonds. The molecule has 2 aromatic rings. The van der Waals surface area contributed by atoms with Crippen LogP contribution in [0, 0.1) is 17.7 Å². The monoisotopic (exact) mass is 456 g/mol. The number of ether oxygens (including phenoxy) is 2. The largest absolute Gasteiger partial charge is 0.497 e. The van der Waals surface area contributed by atoms with Crippen LogP contribution in [0.1, 0.15) is 56.1 Å². The van der Waals surface area contributed by atoms with Gasteiger partial charge in [-0.15, -0.1) is 0 Å². The number of carbonyl (C=O) groups is 1. The standard InChI is InChI=1S/C27H30F2O4/c1-27(29,26(30)31)25(19-10-11-19)20-4-3-5-22(14-20)33-16-17-6-8-18(9-7-17)23-15-21(32-2)12-13-24(23)28/h3-5,8,12-15,17,19,25H,6-7,9-11,16H2,1-2H3,(H,30,31)/t17?,25-,27+/m0/s1. The maximum Gasteiger partial charge on any atom is 0.341 e. The fourth-order valence-electron chi connectivity index (χ4n) is 4.76. The first-order chi connectivity index (χ1) is 15.8. The fourth-order valence-corrected chi connectivity index (χ4v) is 4.76. The van der Waals surface area contributed by atoms with Crippen LogP contribution in [0.5, 0.6) is 11.5 Å².